The van der Waals surface area contributed by atoms with E-state index in [1.807, 2.05) is 11.1 Å². The molecule has 0 aromatic carbocycles. The maximum Gasteiger partial charge on any atom is 0.391 e. The lowest BCUT2D eigenvalue weighted by atomic mass is 9.97. The van der Waals surface area contributed by atoms with Crippen LogP contribution in [-0.2, 0) is 0 Å². The van der Waals surface area contributed by atoms with Gasteiger partial charge in [0, 0.05) is 30.2 Å². The Bertz CT molecular complexity index is 439. The summed E-state index contributed by atoms with van der Waals surface area (Å²) in [5, 5.41) is 4.24. The lowest BCUT2D eigenvalue weighted by molar-refractivity contribution is -0.179. The quantitative estimate of drug-likeness (QED) is 0.889. The van der Waals surface area contributed by atoms with Gasteiger partial charge < -0.3 is 10.2 Å². The summed E-state index contributed by atoms with van der Waals surface area (Å²) >= 11 is 1.58. The van der Waals surface area contributed by atoms with Crippen molar-refractivity contribution in [3.05, 3.63) is 11.1 Å². The van der Waals surface area contributed by atoms with Crippen LogP contribution in [0.25, 0.3) is 0 Å². The minimum Gasteiger partial charge on any atom is -0.348 e. The highest BCUT2D eigenvalue weighted by Crippen LogP contribution is 2.36. The van der Waals surface area contributed by atoms with Crippen molar-refractivity contribution in [1.29, 1.82) is 0 Å². The van der Waals surface area contributed by atoms with Crippen LogP contribution < -0.4 is 10.2 Å². The Morgan fingerprint density at radius 1 is 1.43 bits per heavy atom. The molecule has 0 saturated carbocycles. The summed E-state index contributed by atoms with van der Waals surface area (Å²) in [5.74, 6) is -1.15. The molecule has 21 heavy (non-hydrogen) atoms. The molecule has 0 radical (unpaired) electrons. The zero-order chi connectivity index (χ0) is 15.5. The number of aromatic nitrogens is 1. The second-order valence-corrected chi connectivity index (χ2v) is 6.56. The molecule has 1 aliphatic rings. The molecule has 1 atom stereocenters. The molecule has 1 fully saturated rings. The van der Waals surface area contributed by atoms with Crippen LogP contribution in [0.5, 0.6) is 0 Å². The average molecular weight is 321 g/mol. The van der Waals surface area contributed by atoms with Crippen molar-refractivity contribution in [1.82, 2.24) is 10.3 Å². The van der Waals surface area contributed by atoms with Crippen LogP contribution in [0.1, 0.15) is 44.0 Å². The maximum absolute atomic E-state index is 12.7. The number of nitrogens with one attached hydrogen (secondary N) is 1. The second-order valence-electron chi connectivity index (χ2n) is 5.52. The van der Waals surface area contributed by atoms with E-state index in [2.05, 4.69) is 24.1 Å². The number of anilines is 1. The summed E-state index contributed by atoms with van der Waals surface area (Å²) in [6, 6.07) is 0.240. The average Bonchev–Trinajstić information content (AvgIpc) is 2.94. The van der Waals surface area contributed by atoms with E-state index in [-0.39, 0.29) is 18.9 Å². The Morgan fingerprint density at radius 2 is 2.10 bits per heavy atom. The van der Waals surface area contributed by atoms with E-state index in [0.29, 0.717) is 13.1 Å². The normalized spacial score (nSPS) is 19.0. The summed E-state index contributed by atoms with van der Waals surface area (Å²) in [6.45, 7) is 6.03. The fourth-order valence-electron chi connectivity index (χ4n) is 2.48. The Labute approximate surface area is 127 Å². The number of hydrogen-bond donors (Lipinski definition) is 1. The monoisotopic (exact) mass is 321 g/mol. The highest BCUT2D eigenvalue weighted by molar-refractivity contribution is 7.15. The molecule has 3 nitrogen and oxygen atoms in total. The molecule has 2 rings (SSSR count). The first-order chi connectivity index (χ1) is 9.91. The van der Waals surface area contributed by atoms with Gasteiger partial charge in [-0.1, -0.05) is 6.92 Å². The lowest BCUT2D eigenvalue weighted by Gasteiger charge is -2.32. The van der Waals surface area contributed by atoms with Gasteiger partial charge in [0.05, 0.1) is 5.92 Å². The molecule has 7 heteroatoms. The number of thiazole rings is 1. The Kier molecular flexibility index (Phi) is 5.48. The van der Waals surface area contributed by atoms with E-state index < -0.39 is 12.1 Å². The topological polar surface area (TPSA) is 28.2 Å². The van der Waals surface area contributed by atoms with Gasteiger partial charge in [-0.2, -0.15) is 13.2 Å². The lowest BCUT2D eigenvalue weighted by Crippen LogP contribution is -2.38. The molecule has 1 aromatic rings. The largest absolute Gasteiger partial charge is 0.391 e. The van der Waals surface area contributed by atoms with E-state index in [1.54, 1.807) is 11.3 Å². The Morgan fingerprint density at radius 3 is 2.67 bits per heavy atom. The highest BCUT2D eigenvalue weighted by Gasteiger charge is 2.41. The molecule has 1 aromatic heterocycles. The zero-order valence-corrected chi connectivity index (χ0v) is 13.2. The number of halogens is 3. The highest BCUT2D eigenvalue weighted by atomic mass is 32.1. The first-order valence-corrected chi connectivity index (χ1v) is 8.24. The van der Waals surface area contributed by atoms with Crippen molar-refractivity contribution < 1.29 is 13.2 Å². The van der Waals surface area contributed by atoms with Crippen LogP contribution in [0.3, 0.4) is 0 Å². The van der Waals surface area contributed by atoms with Crippen LogP contribution in [0.4, 0.5) is 18.3 Å². The predicted octanol–water partition coefficient (Wildman–Crippen LogP) is 3.98. The van der Waals surface area contributed by atoms with Gasteiger partial charge in [0.15, 0.2) is 5.13 Å². The molecular weight excluding hydrogens is 299 g/mol. The van der Waals surface area contributed by atoms with Gasteiger partial charge >= 0.3 is 6.18 Å². The van der Waals surface area contributed by atoms with Crippen LogP contribution >= 0.6 is 11.3 Å². The third kappa shape index (κ3) is 4.32. The first-order valence-electron chi connectivity index (χ1n) is 7.42. The second kappa shape index (κ2) is 6.96. The van der Waals surface area contributed by atoms with E-state index in [9.17, 15) is 13.2 Å². The molecule has 0 amide bonds. The summed E-state index contributed by atoms with van der Waals surface area (Å²) in [5.41, 5.74) is 0. The number of nitrogens with zero attached hydrogens (tertiary/aromatic N) is 2. The molecule has 0 aliphatic carbocycles. The minimum atomic E-state index is -4.06. The standard InChI is InChI=1S/C14H22F3N3S/c1-3-6-18-10(2)12-9-19-13(21-12)20-7-4-11(5-8-20)14(15,16)17/h9-11,18H,3-8H2,1-2H3. The van der Waals surface area contributed by atoms with Crippen molar-refractivity contribution in [3.63, 3.8) is 0 Å². The van der Waals surface area contributed by atoms with Gasteiger partial charge in [-0.05, 0) is 32.7 Å². The fraction of sp³-hybridized carbons (Fsp3) is 0.786. The number of hydrogen-bond acceptors (Lipinski definition) is 4. The van der Waals surface area contributed by atoms with Crippen LogP contribution in [0, 0.1) is 5.92 Å². The third-order valence-electron chi connectivity index (χ3n) is 3.87. The minimum absolute atomic E-state index is 0.169. The van der Waals surface area contributed by atoms with Crippen LogP contribution in [0.15, 0.2) is 6.20 Å². The first kappa shape index (κ1) is 16.5. The molecule has 1 aliphatic heterocycles. The van der Waals surface area contributed by atoms with E-state index >= 15 is 0 Å². The smallest absolute Gasteiger partial charge is 0.348 e. The SMILES string of the molecule is CCCNC(C)c1cnc(N2CCC(C(F)(F)F)CC2)s1. The van der Waals surface area contributed by atoms with Gasteiger partial charge in [0.25, 0.3) is 0 Å². The van der Waals surface area contributed by atoms with Crippen molar-refractivity contribution in [3.8, 4) is 0 Å². The number of piperidine rings is 1. The summed E-state index contributed by atoms with van der Waals surface area (Å²) in [7, 11) is 0. The van der Waals surface area contributed by atoms with Gasteiger partial charge in [-0.25, -0.2) is 4.98 Å². The summed E-state index contributed by atoms with van der Waals surface area (Å²) in [4.78, 5) is 7.49. The molecule has 1 unspecified atom stereocenters. The van der Waals surface area contributed by atoms with E-state index in [4.69, 9.17) is 0 Å². The molecule has 1 N–H and O–H groups in total. The predicted molar refractivity (Wildman–Crippen MR) is 79.8 cm³/mol. The number of rotatable bonds is 5. The van der Waals surface area contributed by atoms with Gasteiger partial charge in [0.1, 0.15) is 0 Å². The Balaban J connectivity index is 1.91. The van der Waals surface area contributed by atoms with Crippen molar-refractivity contribution in [2.45, 2.75) is 45.3 Å². The zero-order valence-electron chi connectivity index (χ0n) is 12.4. The van der Waals surface area contributed by atoms with Crippen molar-refractivity contribution in [2.75, 3.05) is 24.5 Å². The molecule has 2 heterocycles. The van der Waals surface area contributed by atoms with Gasteiger partial charge in [-0.15, -0.1) is 11.3 Å². The van der Waals surface area contributed by atoms with Gasteiger partial charge in [-0.3, -0.25) is 0 Å². The van der Waals surface area contributed by atoms with Crippen molar-refractivity contribution >= 4 is 16.5 Å². The van der Waals surface area contributed by atoms with E-state index in [0.717, 1.165) is 23.0 Å². The Hall–Kier alpha value is -0.820. The molecule has 0 bridgehead atoms. The molecule has 1 saturated heterocycles. The molecular formula is C14H22F3N3S. The summed E-state index contributed by atoms with van der Waals surface area (Å²) < 4.78 is 38.0. The molecule has 120 valence electrons. The van der Waals surface area contributed by atoms with E-state index in [1.165, 1.54) is 0 Å². The van der Waals surface area contributed by atoms with Crippen molar-refractivity contribution in [2.24, 2.45) is 5.92 Å². The number of alkyl halides is 3. The molecule has 0 spiro atoms. The van der Waals surface area contributed by atoms with Gasteiger partial charge in [0.2, 0.25) is 0 Å². The maximum atomic E-state index is 12.7. The fourth-order valence-corrected chi connectivity index (χ4v) is 3.48. The van der Waals surface area contributed by atoms with Crippen LogP contribution in [0.2, 0.25) is 0 Å². The third-order valence-corrected chi connectivity index (χ3v) is 5.11. The van der Waals surface area contributed by atoms with Crippen LogP contribution in [-0.4, -0.2) is 30.8 Å². The summed E-state index contributed by atoms with van der Waals surface area (Å²) in [6.07, 6.45) is -0.813.